The molecule has 0 unspecified atom stereocenters. The molecule has 0 bridgehead atoms. The Kier molecular flexibility index (Phi) is 7.87. The third kappa shape index (κ3) is 5.77. The standard InChI is InChI=1S/C19H17F2NO7S/c1-26-17(24)14-12(15(18(25)27-2)30-16(14)22)9-28-13(23)8-5-10-3-6-11(7-4-10)29-19(20)21/h3-8,19H,9,22H2,1-2H3. The summed E-state index contributed by atoms with van der Waals surface area (Å²) in [6.45, 7) is -3.36. The summed E-state index contributed by atoms with van der Waals surface area (Å²) in [7, 11) is 2.31. The van der Waals surface area contributed by atoms with E-state index in [1.165, 1.54) is 30.3 Å². The maximum atomic E-state index is 12.1. The zero-order valence-corrected chi connectivity index (χ0v) is 16.7. The number of nitrogen functional groups attached to an aromatic ring is 1. The lowest BCUT2D eigenvalue weighted by Gasteiger charge is -2.06. The van der Waals surface area contributed by atoms with Gasteiger partial charge in [0.1, 0.15) is 27.8 Å². The van der Waals surface area contributed by atoms with Crippen molar-refractivity contribution in [3.05, 3.63) is 51.9 Å². The molecule has 1 heterocycles. The number of rotatable bonds is 8. The molecule has 8 nitrogen and oxygen atoms in total. The number of hydrogen-bond donors (Lipinski definition) is 1. The Morgan fingerprint density at radius 2 is 1.73 bits per heavy atom. The van der Waals surface area contributed by atoms with Crippen molar-refractivity contribution in [2.45, 2.75) is 13.2 Å². The van der Waals surface area contributed by atoms with E-state index < -0.39 is 31.1 Å². The van der Waals surface area contributed by atoms with Crippen LogP contribution in [0, 0.1) is 0 Å². The van der Waals surface area contributed by atoms with Gasteiger partial charge >= 0.3 is 24.5 Å². The molecule has 0 spiro atoms. The molecule has 0 aliphatic heterocycles. The second-order valence-corrected chi connectivity index (χ2v) is 6.57. The van der Waals surface area contributed by atoms with Crippen molar-refractivity contribution in [2.24, 2.45) is 0 Å². The van der Waals surface area contributed by atoms with Gasteiger partial charge in [-0.15, -0.1) is 11.3 Å². The van der Waals surface area contributed by atoms with Crippen LogP contribution in [0.3, 0.4) is 0 Å². The van der Waals surface area contributed by atoms with E-state index in [1.807, 2.05) is 0 Å². The SMILES string of the molecule is COC(=O)c1sc(N)c(C(=O)OC)c1COC(=O)C=Cc1ccc(OC(F)F)cc1. The average molecular weight is 441 g/mol. The minimum atomic E-state index is -2.93. The normalized spacial score (nSPS) is 10.8. The molecule has 0 atom stereocenters. The van der Waals surface area contributed by atoms with Gasteiger partial charge in [0, 0.05) is 11.6 Å². The first-order valence-corrected chi connectivity index (χ1v) is 9.06. The number of esters is 3. The van der Waals surface area contributed by atoms with E-state index in [1.54, 1.807) is 0 Å². The summed E-state index contributed by atoms with van der Waals surface area (Å²) in [4.78, 5) is 35.9. The molecule has 0 aliphatic carbocycles. The molecule has 0 saturated carbocycles. The third-order valence-electron chi connectivity index (χ3n) is 3.67. The summed E-state index contributed by atoms with van der Waals surface area (Å²) in [6.07, 6.45) is 2.48. The molecule has 0 fully saturated rings. The van der Waals surface area contributed by atoms with Gasteiger partial charge in [-0.05, 0) is 23.8 Å². The van der Waals surface area contributed by atoms with E-state index in [0.29, 0.717) is 5.56 Å². The van der Waals surface area contributed by atoms with Gasteiger partial charge < -0.3 is 24.7 Å². The number of carbonyl (C=O) groups excluding carboxylic acids is 3. The highest BCUT2D eigenvalue weighted by molar-refractivity contribution is 7.18. The van der Waals surface area contributed by atoms with E-state index in [9.17, 15) is 23.2 Å². The van der Waals surface area contributed by atoms with Gasteiger partial charge in [-0.25, -0.2) is 14.4 Å². The van der Waals surface area contributed by atoms with Gasteiger partial charge in [-0.3, -0.25) is 0 Å². The molecule has 2 rings (SSSR count). The molecule has 11 heteroatoms. The zero-order valence-electron chi connectivity index (χ0n) is 15.8. The number of thiophene rings is 1. The second-order valence-electron chi connectivity index (χ2n) is 5.52. The molecule has 160 valence electrons. The van der Waals surface area contributed by atoms with Gasteiger partial charge in [0.25, 0.3) is 0 Å². The Bertz CT molecular complexity index is 955. The monoisotopic (exact) mass is 441 g/mol. The largest absolute Gasteiger partial charge is 0.465 e. The predicted octanol–water partition coefficient (Wildman–Crippen LogP) is 3.26. The van der Waals surface area contributed by atoms with Gasteiger partial charge in [0.2, 0.25) is 0 Å². The van der Waals surface area contributed by atoms with E-state index >= 15 is 0 Å². The Balaban J connectivity index is 2.11. The molecule has 1 aromatic heterocycles. The van der Waals surface area contributed by atoms with Gasteiger partial charge in [-0.2, -0.15) is 8.78 Å². The molecule has 0 amide bonds. The maximum absolute atomic E-state index is 12.1. The Hall–Kier alpha value is -3.47. The summed E-state index contributed by atoms with van der Waals surface area (Å²) >= 11 is 0.813. The molecule has 2 N–H and O–H groups in total. The van der Waals surface area contributed by atoms with E-state index in [4.69, 9.17) is 10.5 Å². The summed E-state index contributed by atoms with van der Waals surface area (Å²) < 4.78 is 42.9. The Labute approximate surface area is 173 Å². The van der Waals surface area contributed by atoms with Crippen molar-refractivity contribution in [1.29, 1.82) is 0 Å². The van der Waals surface area contributed by atoms with Crippen LogP contribution in [-0.2, 0) is 25.6 Å². The fourth-order valence-corrected chi connectivity index (χ4v) is 3.30. The van der Waals surface area contributed by atoms with Crippen molar-refractivity contribution in [3.8, 4) is 5.75 Å². The molecule has 30 heavy (non-hydrogen) atoms. The van der Waals surface area contributed by atoms with Crippen LogP contribution in [0.1, 0.15) is 31.2 Å². The lowest BCUT2D eigenvalue weighted by Crippen LogP contribution is -2.11. The molecular formula is C19H17F2NO7S. The molecule has 2 aromatic rings. The Morgan fingerprint density at radius 1 is 1.10 bits per heavy atom. The first kappa shape index (κ1) is 22.8. The summed E-state index contributed by atoms with van der Waals surface area (Å²) in [5, 5.41) is 0.0231. The fourth-order valence-electron chi connectivity index (χ4n) is 2.32. The molecule has 0 saturated heterocycles. The molecule has 1 aromatic carbocycles. The minimum Gasteiger partial charge on any atom is -0.465 e. The van der Waals surface area contributed by atoms with Crippen molar-refractivity contribution >= 4 is 40.3 Å². The van der Waals surface area contributed by atoms with Crippen LogP contribution in [0.15, 0.2) is 30.3 Å². The third-order valence-corrected chi connectivity index (χ3v) is 4.71. The van der Waals surface area contributed by atoms with Crippen molar-refractivity contribution in [2.75, 3.05) is 20.0 Å². The van der Waals surface area contributed by atoms with Crippen LogP contribution < -0.4 is 10.5 Å². The van der Waals surface area contributed by atoms with Gasteiger partial charge in [-0.1, -0.05) is 12.1 Å². The summed E-state index contributed by atoms with van der Waals surface area (Å²) in [5.41, 5.74) is 6.32. The number of nitrogens with two attached hydrogens (primary N) is 1. The van der Waals surface area contributed by atoms with Gasteiger partial charge in [0.05, 0.1) is 14.2 Å². The van der Waals surface area contributed by atoms with Crippen molar-refractivity contribution in [1.82, 2.24) is 0 Å². The maximum Gasteiger partial charge on any atom is 0.387 e. The first-order chi connectivity index (χ1) is 14.3. The van der Waals surface area contributed by atoms with Crippen LogP contribution in [0.4, 0.5) is 13.8 Å². The van der Waals surface area contributed by atoms with Crippen molar-refractivity contribution < 1.29 is 42.1 Å². The lowest BCUT2D eigenvalue weighted by atomic mass is 10.1. The van der Waals surface area contributed by atoms with E-state index in [2.05, 4.69) is 14.2 Å². The Morgan fingerprint density at radius 3 is 2.30 bits per heavy atom. The molecule has 0 aliphatic rings. The van der Waals surface area contributed by atoms with Crippen LogP contribution in [0.5, 0.6) is 5.75 Å². The zero-order chi connectivity index (χ0) is 22.3. The first-order valence-electron chi connectivity index (χ1n) is 8.24. The van der Waals surface area contributed by atoms with Crippen LogP contribution in [0.2, 0.25) is 0 Å². The molecule has 0 radical (unpaired) electrons. The van der Waals surface area contributed by atoms with Crippen LogP contribution >= 0.6 is 11.3 Å². The highest BCUT2D eigenvalue weighted by atomic mass is 32.1. The van der Waals surface area contributed by atoms with Crippen molar-refractivity contribution in [3.63, 3.8) is 0 Å². The number of alkyl halides is 2. The summed E-state index contributed by atoms with van der Waals surface area (Å²) in [5.74, 6) is -2.33. The number of benzene rings is 1. The topological polar surface area (TPSA) is 114 Å². The van der Waals surface area contributed by atoms with Crippen LogP contribution in [-0.4, -0.2) is 38.7 Å². The lowest BCUT2D eigenvalue weighted by molar-refractivity contribution is -0.138. The quantitative estimate of drug-likeness (QED) is 0.377. The average Bonchev–Trinajstić information content (AvgIpc) is 3.06. The second kappa shape index (κ2) is 10.3. The number of methoxy groups -OCH3 is 2. The van der Waals surface area contributed by atoms with Crippen LogP contribution in [0.25, 0.3) is 6.08 Å². The predicted molar refractivity (Wildman–Crippen MR) is 103 cm³/mol. The number of anilines is 1. The van der Waals surface area contributed by atoms with E-state index in [-0.39, 0.29) is 26.8 Å². The molecular weight excluding hydrogens is 424 g/mol. The highest BCUT2D eigenvalue weighted by Crippen LogP contribution is 2.33. The number of ether oxygens (including phenoxy) is 4. The van der Waals surface area contributed by atoms with E-state index in [0.717, 1.165) is 31.6 Å². The highest BCUT2D eigenvalue weighted by Gasteiger charge is 2.27. The number of halogens is 2. The van der Waals surface area contributed by atoms with Gasteiger partial charge in [0.15, 0.2) is 0 Å². The smallest absolute Gasteiger partial charge is 0.387 e. The number of hydrogen-bond acceptors (Lipinski definition) is 9. The fraction of sp³-hybridized carbons (Fsp3) is 0.211. The summed E-state index contributed by atoms with van der Waals surface area (Å²) in [6, 6.07) is 5.56. The minimum absolute atomic E-state index is 0.0156. The number of carbonyl (C=O) groups is 3.